The van der Waals surface area contributed by atoms with E-state index in [1.807, 2.05) is 42.3 Å². The van der Waals surface area contributed by atoms with Gasteiger partial charge in [0.2, 0.25) is 0 Å². The molecule has 3 nitrogen and oxygen atoms in total. The molecule has 2 rings (SSSR count). The van der Waals surface area contributed by atoms with E-state index in [-0.39, 0.29) is 0 Å². The first-order chi connectivity index (χ1) is 8.70. The lowest BCUT2D eigenvalue weighted by Crippen LogP contribution is -2.21. The van der Waals surface area contributed by atoms with Gasteiger partial charge in [-0.1, -0.05) is 30.7 Å². The Morgan fingerprint density at radius 3 is 2.89 bits per heavy atom. The highest BCUT2D eigenvalue weighted by Crippen LogP contribution is 2.20. The van der Waals surface area contributed by atoms with Crippen LogP contribution in [0.15, 0.2) is 36.8 Å². The Balaban J connectivity index is 2.04. The number of benzene rings is 1. The molecule has 1 atom stereocenters. The lowest BCUT2D eigenvalue weighted by molar-refractivity contribution is 0.508. The average molecular weight is 264 g/mol. The van der Waals surface area contributed by atoms with Crippen molar-refractivity contribution < 1.29 is 0 Å². The molecule has 1 N–H and O–H groups in total. The number of hydrogen-bond acceptors (Lipinski definition) is 2. The Morgan fingerprint density at radius 2 is 2.28 bits per heavy atom. The van der Waals surface area contributed by atoms with E-state index in [4.69, 9.17) is 11.6 Å². The molecule has 0 aliphatic carbocycles. The zero-order valence-corrected chi connectivity index (χ0v) is 11.5. The third kappa shape index (κ3) is 3.12. The van der Waals surface area contributed by atoms with Crippen LogP contribution < -0.4 is 5.32 Å². The molecule has 0 fully saturated rings. The van der Waals surface area contributed by atoms with Crippen molar-refractivity contribution >= 4 is 11.6 Å². The predicted molar refractivity (Wildman–Crippen MR) is 74.5 cm³/mol. The summed E-state index contributed by atoms with van der Waals surface area (Å²) in [5.41, 5.74) is 2.41. The molecule has 1 heterocycles. The molecule has 4 heteroatoms. The van der Waals surface area contributed by atoms with Gasteiger partial charge in [0.1, 0.15) is 0 Å². The fraction of sp³-hybridized carbons (Fsp3) is 0.357. The third-order valence-corrected chi connectivity index (χ3v) is 3.34. The molecule has 0 radical (unpaired) electrons. The molecular weight excluding hydrogens is 246 g/mol. The SMILES string of the molecule is CCC(NCc1cncn1C)c1cccc(Cl)c1. The lowest BCUT2D eigenvalue weighted by Gasteiger charge is -2.17. The average Bonchev–Trinajstić information content (AvgIpc) is 2.76. The Bertz CT molecular complexity index is 507. The van der Waals surface area contributed by atoms with Gasteiger partial charge in [0.15, 0.2) is 0 Å². The maximum atomic E-state index is 6.03. The van der Waals surface area contributed by atoms with Crippen LogP contribution in [0, 0.1) is 0 Å². The van der Waals surface area contributed by atoms with Crippen LogP contribution in [0.3, 0.4) is 0 Å². The van der Waals surface area contributed by atoms with Crippen molar-refractivity contribution in [1.29, 1.82) is 0 Å². The molecule has 0 amide bonds. The van der Waals surface area contributed by atoms with E-state index in [0.717, 1.165) is 18.0 Å². The monoisotopic (exact) mass is 263 g/mol. The highest BCUT2D eigenvalue weighted by atomic mass is 35.5. The van der Waals surface area contributed by atoms with Gasteiger partial charge in [-0.25, -0.2) is 4.98 Å². The largest absolute Gasteiger partial charge is 0.337 e. The second-order valence-electron chi connectivity index (χ2n) is 4.39. The van der Waals surface area contributed by atoms with Crippen LogP contribution in [0.5, 0.6) is 0 Å². The minimum Gasteiger partial charge on any atom is -0.337 e. The van der Waals surface area contributed by atoms with E-state index in [2.05, 4.69) is 23.3 Å². The second kappa shape index (κ2) is 6.03. The number of rotatable bonds is 5. The summed E-state index contributed by atoms with van der Waals surface area (Å²) in [6, 6.07) is 8.34. The minimum absolute atomic E-state index is 0.318. The van der Waals surface area contributed by atoms with Gasteiger partial charge in [-0.2, -0.15) is 0 Å². The van der Waals surface area contributed by atoms with E-state index in [1.165, 1.54) is 11.3 Å². The molecule has 1 aromatic carbocycles. The summed E-state index contributed by atoms with van der Waals surface area (Å²) in [6.45, 7) is 2.98. The predicted octanol–water partition coefficient (Wildman–Crippen LogP) is 3.31. The van der Waals surface area contributed by atoms with Gasteiger partial charge in [-0.05, 0) is 24.1 Å². The van der Waals surface area contributed by atoms with Crippen molar-refractivity contribution in [3.05, 3.63) is 53.1 Å². The Kier molecular flexibility index (Phi) is 4.39. The number of imidazole rings is 1. The van der Waals surface area contributed by atoms with E-state index < -0.39 is 0 Å². The van der Waals surface area contributed by atoms with E-state index in [0.29, 0.717) is 6.04 Å². The van der Waals surface area contributed by atoms with Crippen molar-refractivity contribution in [3.8, 4) is 0 Å². The first-order valence-corrected chi connectivity index (χ1v) is 6.52. The molecular formula is C14H18ClN3. The van der Waals surface area contributed by atoms with Crippen molar-refractivity contribution in [2.75, 3.05) is 0 Å². The van der Waals surface area contributed by atoms with Crippen LogP contribution in [-0.4, -0.2) is 9.55 Å². The van der Waals surface area contributed by atoms with Crippen LogP contribution in [0.1, 0.15) is 30.6 Å². The van der Waals surface area contributed by atoms with Gasteiger partial charge in [0.25, 0.3) is 0 Å². The van der Waals surface area contributed by atoms with Gasteiger partial charge in [-0.15, -0.1) is 0 Å². The van der Waals surface area contributed by atoms with E-state index in [1.54, 1.807) is 0 Å². The Hall–Kier alpha value is -1.32. The number of aryl methyl sites for hydroxylation is 1. The summed E-state index contributed by atoms with van der Waals surface area (Å²) in [5.74, 6) is 0. The van der Waals surface area contributed by atoms with Crippen LogP contribution >= 0.6 is 11.6 Å². The number of nitrogens with one attached hydrogen (secondary N) is 1. The number of aromatic nitrogens is 2. The Morgan fingerprint density at radius 1 is 1.44 bits per heavy atom. The Labute approximate surface area is 113 Å². The molecule has 1 unspecified atom stereocenters. The number of hydrogen-bond donors (Lipinski definition) is 1. The van der Waals surface area contributed by atoms with Crippen LogP contribution in [0.2, 0.25) is 5.02 Å². The van der Waals surface area contributed by atoms with Crippen LogP contribution in [0.4, 0.5) is 0 Å². The fourth-order valence-electron chi connectivity index (χ4n) is 2.00. The molecule has 2 aromatic rings. The second-order valence-corrected chi connectivity index (χ2v) is 4.83. The zero-order valence-electron chi connectivity index (χ0n) is 10.7. The molecule has 96 valence electrons. The van der Waals surface area contributed by atoms with E-state index >= 15 is 0 Å². The number of nitrogens with zero attached hydrogens (tertiary/aromatic N) is 2. The first kappa shape index (κ1) is 13.1. The summed E-state index contributed by atoms with van der Waals surface area (Å²) in [5, 5.41) is 4.32. The zero-order chi connectivity index (χ0) is 13.0. The quantitative estimate of drug-likeness (QED) is 0.897. The van der Waals surface area contributed by atoms with Gasteiger partial charge in [0.05, 0.1) is 12.0 Å². The van der Waals surface area contributed by atoms with Crippen molar-refractivity contribution in [3.63, 3.8) is 0 Å². The van der Waals surface area contributed by atoms with Crippen LogP contribution in [-0.2, 0) is 13.6 Å². The van der Waals surface area contributed by atoms with Gasteiger partial charge < -0.3 is 9.88 Å². The van der Waals surface area contributed by atoms with E-state index in [9.17, 15) is 0 Å². The summed E-state index contributed by atoms with van der Waals surface area (Å²) in [7, 11) is 2.00. The molecule has 0 bridgehead atoms. The maximum absolute atomic E-state index is 6.03. The summed E-state index contributed by atoms with van der Waals surface area (Å²) in [6.07, 6.45) is 4.73. The van der Waals surface area contributed by atoms with Gasteiger partial charge >= 0.3 is 0 Å². The lowest BCUT2D eigenvalue weighted by atomic mass is 10.0. The molecule has 1 aromatic heterocycles. The molecule has 0 saturated heterocycles. The van der Waals surface area contributed by atoms with Crippen molar-refractivity contribution in [1.82, 2.24) is 14.9 Å². The summed E-state index contributed by atoms with van der Waals surface area (Å²) in [4.78, 5) is 4.11. The highest BCUT2D eigenvalue weighted by molar-refractivity contribution is 6.30. The summed E-state index contributed by atoms with van der Waals surface area (Å²) < 4.78 is 2.03. The molecule has 18 heavy (non-hydrogen) atoms. The van der Waals surface area contributed by atoms with Crippen LogP contribution in [0.25, 0.3) is 0 Å². The van der Waals surface area contributed by atoms with Gasteiger partial charge in [0, 0.05) is 30.9 Å². The minimum atomic E-state index is 0.318. The standard InChI is InChI=1S/C14H18ClN3/c1-3-14(11-5-4-6-12(15)7-11)17-9-13-8-16-10-18(13)2/h4-8,10,14,17H,3,9H2,1-2H3. The fourth-order valence-corrected chi connectivity index (χ4v) is 2.20. The highest BCUT2D eigenvalue weighted by Gasteiger charge is 2.09. The molecule has 0 saturated carbocycles. The van der Waals surface area contributed by atoms with Gasteiger partial charge in [-0.3, -0.25) is 0 Å². The smallest absolute Gasteiger partial charge is 0.0945 e. The summed E-state index contributed by atoms with van der Waals surface area (Å²) >= 11 is 6.03. The normalized spacial score (nSPS) is 12.6. The molecule has 0 spiro atoms. The van der Waals surface area contributed by atoms with Crippen molar-refractivity contribution in [2.24, 2.45) is 7.05 Å². The maximum Gasteiger partial charge on any atom is 0.0945 e. The van der Waals surface area contributed by atoms with Crippen molar-refractivity contribution in [2.45, 2.75) is 25.9 Å². The number of halogens is 1. The third-order valence-electron chi connectivity index (χ3n) is 3.11. The molecule has 0 aliphatic heterocycles. The molecule has 0 aliphatic rings. The first-order valence-electron chi connectivity index (χ1n) is 6.14. The topological polar surface area (TPSA) is 29.9 Å².